The van der Waals surface area contributed by atoms with E-state index in [1.165, 1.54) is 44.1 Å². The van der Waals surface area contributed by atoms with Crippen molar-refractivity contribution in [2.45, 2.75) is 56.6 Å². The highest BCUT2D eigenvalue weighted by Gasteiger charge is 2.47. The average Bonchev–Trinajstić information content (AvgIpc) is 3.31. The molecule has 3 unspecified atom stereocenters. The lowest BCUT2D eigenvalue weighted by atomic mass is 9.71. The van der Waals surface area contributed by atoms with Crippen molar-refractivity contribution in [3.63, 3.8) is 0 Å². The number of benzene rings is 1. The summed E-state index contributed by atoms with van der Waals surface area (Å²) < 4.78 is 6.56. The molecule has 1 aliphatic heterocycles. The summed E-state index contributed by atoms with van der Waals surface area (Å²) in [6.07, 6.45) is 9.37. The zero-order chi connectivity index (χ0) is 13.6. The number of ether oxygens (including phenoxy) is 1. The molecule has 108 valence electrons. The highest BCUT2D eigenvalue weighted by atomic mass is 16.5. The summed E-state index contributed by atoms with van der Waals surface area (Å²) in [4.78, 5) is 0. The Bertz CT molecular complexity index is 496. The number of nitrogens with one attached hydrogen (secondary N) is 1. The van der Waals surface area contributed by atoms with Crippen LogP contribution in [-0.4, -0.2) is 12.6 Å². The first-order chi connectivity index (χ1) is 9.80. The van der Waals surface area contributed by atoms with Gasteiger partial charge in [0.1, 0.15) is 11.4 Å². The van der Waals surface area contributed by atoms with Gasteiger partial charge in [0.2, 0.25) is 0 Å². The second kappa shape index (κ2) is 4.77. The van der Waals surface area contributed by atoms with Gasteiger partial charge in [-0.25, -0.2) is 0 Å². The third-order valence-corrected chi connectivity index (χ3v) is 5.68. The zero-order valence-electron chi connectivity index (χ0n) is 12.4. The van der Waals surface area contributed by atoms with Crippen LogP contribution in [0.5, 0.6) is 5.75 Å². The lowest BCUT2D eigenvalue weighted by Crippen LogP contribution is -2.47. The van der Waals surface area contributed by atoms with Crippen LogP contribution in [0.4, 0.5) is 0 Å². The SMILES string of the molecule is CNC1CC2(CCCC(C3CC3)C2)Oc2ccccc21. The van der Waals surface area contributed by atoms with Gasteiger partial charge >= 0.3 is 0 Å². The van der Waals surface area contributed by atoms with Crippen molar-refractivity contribution >= 4 is 0 Å². The molecule has 0 amide bonds. The van der Waals surface area contributed by atoms with Crippen molar-refractivity contribution in [3.8, 4) is 5.75 Å². The minimum Gasteiger partial charge on any atom is -0.487 e. The van der Waals surface area contributed by atoms with E-state index < -0.39 is 0 Å². The van der Waals surface area contributed by atoms with E-state index >= 15 is 0 Å². The van der Waals surface area contributed by atoms with Gasteiger partial charge in [-0.2, -0.15) is 0 Å². The van der Waals surface area contributed by atoms with Gasteiger partial charge in [-0.05, 0) is 63.5 Å². The molecule has 0 saturated heterocycles. The summed E-state index contributed by atoms with van der Waals surface area (Å²) in [5.41, 5.74) is 1.45. The van der Waals surface area contributed by atoms with Crippen molar-refractivity contribution in [2.24, 2.45) is 11.8 Å². The first-order valence-electron chi connectivity index (χ1n) is 8.25. The van der Waals surface area contributed by atoms with Crippen LogP contribution in [0.3, 0.4) is 0 Å². The molecule has 20 heavy (non-hydrogen) atoms. The van der Waals surface area contributed by atoms with Crippen LogP contribution < -0.4 is 10.1 Å². The molecule has 1 aromatic carbocycles. The van der Waals surface area contributed by atoms with Gasteiger partial charge in [-0.15, -0.1) is 0 Å². The first-order valence-corrected chi connectivity index (χ1v) is 8.25. The lowest BCUT2D eigenvalue weighted by Gasteiger charge is -2.47. The molecule has 1 N–H and O–H groups in total. The van der Waals surface area contributed by atoms with E-state index in [4.69, 9.17) is 4.74 Å². The van der Waals surface area contributed by atoms with Crippen LogP contribution in [-0.2, 0) is 0 Å². The van der Waals surface area contributed by atoms with Gasteiger partial charge in [0.05, 0.1) is 0 Å². The number of para-hydroxylation sites is 1. The fraction of sp³-hybridized carbons (Fsp3) is 0.667. The second-order valence-electron chi connectivity index (χ2n) is 7.06. The highest BCUT2D eigenvalue weighted by molar-refractivity contribution is 5.39. The predicted molar refractivity (Wildman–Crippen MR) is 80.9 cm³/mol. The zero-order valence-corrected chi connectivity index (χ0v) is 12.4. The minimum atomic E-state index is 0.105. The maximum atomic E-state index is 6.56. The van der Waals surface area contributed by atoms with Crippen LogP contribution >= 0.6 is 0 Å². The Balaban J connectivity index is 1.63. The maximum Gasteiger partial charge on any atom is 0.124 e. The highest BCUT2D eigenvalue weighted by Crippen LogP contribution is 2.52. The molecular formula is C18H25NO. The van der Waals surface area contributed by atoms with Crippen molar-refractivity contribution in [1.82, 2.24) is 5.32 Å². The summed E-state index contributed by atoms with van der Waals surface area (Å²) >= 11 is 0. The van der Waals surface area contributed by atoms with Crippen LogP contribution in [0.1, 0.15) is 56.6 Å². The molecule has 2 aliphatic carbocycles. The van der Waals surface area contributed by atoms with E-state index in [0.29, 0.717) is 6.04 Å². The molecule has 3 atom stereocenters. The first kappa shape index (κ1) is 12.7. The van der Waals surface area contributed by atoms with Crippen LogP contribution in [0.2, 0.25) is 0 Å². The van der Waals surface area contributed by atoms with Crippen LogP contribution in [0.25, 0.3) is 0 Å². The van der Waals surface area contributed by atoms with Gasteiger partial charge in [0.25, 0.3) is 0 Å². The van der Waals surface area contributed by atoms with Crippen molar-refractivity contribution in [2.75, 3.05) is 7.05 Å². The summed E-state index contributed by atoms with van der Waals surface area (Å²) in [7, 11) is 2.08. The molecule has 0 aromatic heterocycles. The van der Waals surface area contributed by atoms with Gasteiger partial charge in [-0.3, -0.25) is 0 Å². The van der Waals surface area contributed by atoms with E-state index in [-0.39, 0.29) is 5.60 Å². The van der Waals surface area contributed by atoms with Gasteiger partial charge < -0.3 is 10.1 Å². The standard InChI is InChI=1S/C18H25NO/c1-19-16-12-18(20-17-7-3-2-6-15(16)17)10-4-5-14(11-18)13-8-9-13/h2-3,6-7,13-14,16,19H,4-5,8-12H2,1H3. The number of hydrogen-bond donors (Lipinski definition) is 1. The third kappa shape index (κ3) is 2.14. The molecule has 2 saturated carbocycles. The molecule has 1 heterocycles. The van der Waals surface area contributed by atoms with E-state index in [0.717, 1.165) is 24.0 Å². The molecule has 1 spiro atoms. The van der Waals surface area contributed by atoms with E-state index in [1.54, 1.807) is 0 Å². The Morgan fingerprint density at radius 1 is 1.10 bits per heavy atom. The van der Waals surface area contributed by atoms with Gasteiger partial charge in [-0.1, -0.05) is 18.2 Å². The molecule has 2 fully saturated rings. The molecular weight excluding hydrogens is 246 g/mol. The van der Waals surface area contributed by atoms with E-state index in [9.17, 15) is 0 Å². The largest absolute Gasteiger partial charge is 0.487 e. The summed E-state index contributed by atoms with van der Waals surface area (Å²) in [6.45, 7) is 0. The third-order valence-electron chi connectivity index (χ3n) is 5.68. The molecule has 3 aliphatic rings. The molecule has 2 heteroatoms. The topological polar surface area (TPSA) is 21.3 Å². The summed E-state index contributed by atoms with van der Waals surface area (Å²) in [5, 5.41) is 3.51. The number of rotatable bonds is 2. The van der Waals surface area contributed by atoms with Crippen LogP contribution in [0.15, 0.2) is 24.3 Å². The molecule has 0 radical (unpaired) electrons. The Kier molecular flexibility index (Phi) is 3.03. The van der Waals surface area contributed by atoms with Crippen molar-refractivity contribution in [3.05, 3.63) is 29.8 Å². The normalized spacial score (nSPS) is 36.5. The number of fused-ring (bicyclic) bond motifs is 1. The fourth-order valence-corrected chi connectivity index (χ4v) is 4.49. The van der Waals surface area contributed by atoms with Crippen molar-refractivity contribution < 1.29 is 4.74 Å². The quantitative estimate of drug-likeness (QED) is 0.875. The molecule has 2 nitrogen and oxygen atoms in total. The average molecular weight is 271 g/mol. The minimum absolute atomic E-state index is 0.105. The Hall–Kier alpha value is -1.02. The maximum absolute atomic E-state index is 6.56. The second-order valence-corrected chi connectivity index (χ2v) is 7.06. The fourth-order valence-electron chi connectivity index (χ4n) is 4.49. The molecule has 0 bridgehead atoms. The van der Waals surface area contributed by atoms with E-state index in [1.807, 2.05) is 0 Å². The monoisotopic (exact) mass is 271 g/mol. The Morgan fingerprint density at radius 2 is 1.95 bits per heavy atom. The Labute approximate surface area is 121 Å². The summed E-state index contributed by atoms with van der Waals surface area (Å²) in [6, 6.07) is 9.05. The van der Waals surface area contributed by atoms with E-state index in [2.05, 4.69) is 36.6 Å². The predicted octanol–water partition coefficient (Wildman–Crippen LogP) is 4.07. The molecule has 1 aromatic rings. The molecule has 4 rings (SSSR count). The Morgan fingerprint density at radius 3 is 2.75 bits per heavy atom. The van der Waals surface area contributed by atoms with Gasteiger partial charge in [0.15, 0.2) is 0 Å². The van der Waals surface area contributed by atoms with Crippen molar-refractivity contribution in [1.29, 1.82) is 0 Å². The van der Waals surface area contributed by atoms with Crippen LogP contribution in [0, 0.1) is 11.8 Å². The lowest BCUT2D eigenvalue weighted by molar-refractivity contribution is -0.0238. The number of hydrogen-bond acceptors (Lipinski definition) is 2. The van der Waals surface area contributed by atoms with Gasteiger partial charge in [0, 0.05) is 18.0 Å². The smallest absolute Gasteiger partial charge is 0.124 e. The summed E-state index contributed by atoms with van der Waals surface area (Å²) in [5.74, 6) is 3.06.